The second-order valence-electron chi connectivity index (χ2n) is 5.27. The Morgan fingerprint density at radius 1 is 0.950 bits per heavy atom. The summed E-state index contributed by atoms with van der Waals surface area (Å²) in [5, 5.41) is 10.8. The standard InChI is InChI=1S/C17H19IO2/c1-12(2)20-16-10-6-14(7-11-16)17(3,19)13-4-8-15(18)9-5-13/h4-12,19H,1-3H3. The van der Waals surface area contributed by atoms with Gasteiger partial charge in [0.25, 0.3) is 0 Å². The molecule has 0 aliphatic heterocycles. The summed E-state index contributed by atoms with van der Waals surface area (Å²) < 4.78 is 6.78. The Bertz CT molecular complexity index is 557. The normalized spacial score (nSPS) is 14.1. The summed E-state index contributed by atoms with van der Waals surface area (Å²) in [6, 6.07) is 15.5. The molecule has 0 amide bonds. The van der Waals surface area contributed by atoms with Crippen molar-refractivity contribution in [1.29, 1.82) is 0 Å². The van der Waals surface area contributed by atoms with E-state index in [0.29, 0.717) is 0 Å². The zero-order valence-corrected chi connectivity index (χ0v) is 14.1. The first-order chi connectivity index (χ1) is 9.39. The molecule has 1 unspecified atom stereocenters. The maximum Gasteiger partial charge on any atom is 0.119 e. The van der Waals surface area contributed by atoms with E-state index in [1.54, 1.807) is 0 Å². The fourth-order valence-corrected chi connectivity index (χ4v) is 2.43. The number of hydrogen-bond donors (Lipinski definition) is 1. The molecule has 0 spiro atoms. The second kappa shape index (κ2) is 6.14. The summed E-state index contributed by atoms with van der Waals surface area (Å²) in [7, 11) is 0. The van der Waals surface area contributed by atoms with Gasteiger partial charge in [0.15, 0.2) is 0 Å². The van der Waals surface area contributed by atoms with Crippen LogP contribution in [0.2, 0.25) is 0 Å². The second-order valence-corrected chi connectivity index (χ2v) is 6.52. The lowest BCUT2D eigenvalue weighted by atomic mass is 9.88. The first kappa shape index (κ1) is 15.3. The number of hydrogen-bond acceptors (Lipinski definition) is 2. The highest BCUT2D eigenvalue weighted by molar-refractivity contribution is 14.1. The van der Waals surface area contributed by atoms with E-state index in [2.05, 4.69) is 22.6 Å². The smallest absolute Gasteiger partial charge is 0.119 e. The van der Waals surface area contributed by atoms with Crippen LogP contribution >= 0.6 is 22.6 Å². The van der Waals surface area contributed by atoms with E-state index in [0.717, 1.165) is 20.4 Å². The molecular formula is C17H19IO2. The summed E-state index contributed by atoms with van der Waals surface area (Å²) in [6.07, 6.45) is 0.151. The van der Waals surface area contributed by atoms with E-state index >= 15 is 0 Å². The van der Waals surface area contributed by atoms with Gasteiger partial charge in [-0.15, -0.1) is 0 Å². The number of rotatable bonds is 4. The average Bonchev–Trinajstić information content (AvgIpc) is 2.39. The largest absolute Gasteiger partial charge is 0.491 e. The van der Waals surface area contributed by atoms with Crippen LogP contribution in [0.4, 0.5) is 0 Å². The first-order valence-corrected chi connectivity index (χ1v) is 7.73. The third-order valence-corrected chi connectivity index (χ3v) is 3.91. The summed E-state index contributed by atoms with van der Waals surface area (Å²) in [5.74, 6) is 0.821. The van der Waals surface area contributed by atoms with Gasteiger partial charge in [-0.2, -0.15) is 0 Å². The zero-order chi connectivity index (χ0) is 14.8. The van der Waals surface area contributed by atoms with Crippen molar-refractivity contribution in [2.75, 3.05) is 0 Å². The number of aliphatic hydroxyl groups is 1. The molecule has 1 atom stereocenters. The lowest BCUT2D eigenvalue weighted by Gasteiger charge is -2.25. The Morgan fingerprint density at radius 2 is 1.40 bits per heavy atom. The van der Waals surface area contributed by atoms with Gasteiger partial charge in [0.05, 0.1) is 6.10 Å². The highest BCUT2D eigenvalue weighted by atomic mass is 127. The molecule has 0 radical (unpaired) electrons. The molecule has 2 aromatic carbocycles. The average molecular weight is 382 g/mol. The minimum absolute atomic E-state index is 0.151. The van der Waals surface area contributed by atoms with Crippen molar-refractivity contribution in [3.05, 3.63) is 63.2 Å². The van der Waals surface area contributed by atoms with Gasteiger partial charge >= 0.3 is 0 Å². The molecule has 2 nitrogen and oxygen atoms in total. The minimum Gasteiger partial charge on any atom is -0.491 e. The monoisotopic (exact) mass is 382 g/mol. The number of benzene rings is 2. The van der Waals surface area contributed by atoms with Crippen molar-refractivity contribution in [3.8, 4) is 5.75 Å². The molecule has 0 bridgehead atoms. The van der Waals surface area contributed by atoms with Gasteiger partial charge in [-0.25, -0.2) is 0 Å². The zero-order valence-electron chi connectivity index (χ0n) is 11.9. The van der Waals surface area contributed by atoms with E-state index in [1.807, 2.05) is 69.3 Å². The van der Waals surface area contributed by atoms with Crippen molar-refractivity contribution in [3.63, 3.8) is 0 Å². The predicted molar refractivity (Wildman–Crippen MR) is 90.0 cm³/mol. The molecule has 2 aromatic rings. The van der Waals surface area contributed by atoms with Crippen molar-refractivity contribution in [1.82, 2.24) is 0 Å². The van der Waals surface area contributed by atoms with Crippen molar-refractivity contribution in [2.24, 2.45) is 0 Å². The Labute approximate surface area is 133 Å². The number of ether oxygens (including phenoxy) is 1. The highest BCUT2D eigenvalue weighted by Gasteiger charge is 2.25. The quantitative estimate of drug-likeness (QED) is 0.798. The van der Waals surface area contributed by atoms with Gasteiger partial charge in [0, 0.05) is 3.57 Å². The molecule has 0 saturated heterocycles. The van der Waals surface area contributed by atoms with E-state index in [1.165, 1.54) is 0 Å². The predicted octanol–water partition coefficient (Wildman–Crippen LogP) is 4.33. The van der Waals surface area contributed by atoms with Crippen LogP contribution in [0.1, 0.15) is 31.9 Å². The van der Waals surface area contributed by atoms with E-state index in [9.17, 15) is 5.11 Å². The highest BCUT2D eigenvalue weighted by Crippen LogP contribution is 2.30. The van der Waals surface area contributed by atoms with Crippen LogP contribution in [0.5, 0.6) is 5.75 Å². The summed E-state index contributed by atoms with van der Waals surface area (Å²) >= 11 is 2.26. The molecule has 3 heteroatoms. The van der Waals surface area contributed by atoms with Gasteiger partial charge in [-0.1, -0.05) is 24.3 Å². The molecule has 2 rings (SSSR count). The van der Waals surface area contributed by atoms with Gasteiger partial charge in [0.2, 0.25) is 0 Å². The molecule has 106 valence electrons. The van der Waals surface area contributed by atoms with Crippen LogP contribution in [0.15, 0.2) is 48.5 Å². The maximum absolute atomic E-state index is 10.8. The van der Waals surface area contributed by atoms with Crippen molar-refractivity contribution >= 4 is 22.6 Å². The van der Waals surface area contributed by atoms with Crippen LogP contribution < -0.4 is 4.74 Å². The summed E-state index contributed by atoms with van der Waals surface area (Å²) in [6.45, 7) is 5.80. The van der Waals surface area contributed by atoms with Crippen LogP contribution in [-0.4, -0.2) is 11.2 Å². The third-order valence-electron chi connectivity index (χ3n) is 3.19. The van der Waals surface area contributed by atoms with Gasteiger partial charge in [-0.3, -0.25) is 0 Å². The molecule has 0 aromatic heterocycles. The molecule has 0 aliphatic carbocycles. The Hall–Kier alpha value is -1.07. The van der Waals surface area contributed by atoms with Gasteiger partial charge in [0.1, 0.15) is 11.4 Å². The summed E-state index contributed by atoms with van der Waals surface area (Å²) in [4.78, 5) is 0. The number of halogens is 1. The van der Waals surface area contributed by atoms with E-state index in [4.69, 9.17) is 4.74 Å². The van der Waals surface area contributed by atoms with Gasteiger partial charge < -0.3 is 9.84 Å². The van der Waals surface area contributed by atoms with Gasteiger partial charge in [-0.05, 0) is 78.8 Å². The van der Waals surface area contributed by atoms with Crippen molar-refractivity contribution < 1.29 is 9.84 Å². The molecule has 0 aliphatic rings. The van der Waals surface area contributed by atoms with Crippen LogP contribution in [0.3, 0.4) is 0 Å². The van der Waals surface area contributed by atoms with E-state index < -0.39 is 5.60 Å². The topological polar surface area (TPSA) is 29.5 Å². The maximum atomic E-state index is 10.8. The first-order valence-electron chi connectivity index (χ1n) is 6.65. The summed E-state index contributed by atoms with van der Waals surface area (Å²) in [5.41, 5.74) is 0.742. The van der Waals surface area contributed by atoms with Crippen LogP contribution in [0, 0.1) is 3.57 Å². The Morgan fingerprint density at radius 3 is 1.85 bits per heavy atom. The minimum atomic E-state index is -0.999. The molecule has 1 N–H and O–H groups in total. The lowest BCUT2D eigenvalue weighted by Crippen LogP contribution is -2.22. The molecule has 0 heterocycles. The van der Waals surface area contributed by atoms with E-state index in [-0.39, 0.29) is 6.10 Å². The fourth-order valence-electron chi connectivity index (χ4n) is 2.07. The molecule has 20 heavy (non-hydrogen) atoms. The SMILES string of the molecule is CC(C)Oc1ccc(C(C)(O)c2ccc(I)cc2)cc1. The Kier molecular flexibility index (Phi) is 4.70. The van der Waals surface area contributed by atoms with Crippen molar-refractivity contribution in [2.45, 2.75) is 32.5 Å². The van der Waals surface area contributed by atoms with Crippen LogP contribution in [-0.2, 0) is 5.60 Å². The molecular weight excluding hydrogens is 363 g/mol. The lowest BCUT2D eigenvalue weighted by molar-refractivity contribution is 0.102. The Balaban J connectivity index is 2.27. The third kappa shape index (κ3) is 3.52. The molecule has 0 saturated carbocycles. The molecule has 0 fully saturated rings. The fraction of sp³-hybridized carbons (Fsp3) is 0.294. The van der Waals surface area contributed by atoms with Crippen LogP contribution in [0.25, 0.3) is 0 Å².